The van der Waals surface area contributed by atoms with E-state index in [1.807, 2.05) is 55.5 Å². The van der Waals surface area contributed by atoms with E-state index in [9.17, 15) is 9.59 Å². The number of carbonyl (C=O) groups excluding carboxylic acids is 1. The van der Waals surface area contributed by atoms with Crippen LogP contribution in [0.1, 0.15) is 41.1 Å². The van der Waals surface area contributed by atoms with Gasteiger partial charge in [0.25, 0.3) is 11.5 Å². The van der Waals surface area contributed by atoms with E-state index < -0.39 is 5.91 Å². The number of ether oxygens (including phenoxy) is 1. The number of benzene rings is 2. The zero-order valence-electron chi connectivity index (χ0n) is 20.2. The molecule has 0 saturated heterocycles. The summed E-state index contributed by atoms with van der Waals surface area (Å²) in [5.74, 6) is 2.14. The lowest BCUT2D eigenvalue weighted by molar-refractivity contribution is 0.101. The van der Waals surface area contributed by atoms with Crippen LogP contribution in [-0.2, 0) is 19.5 Å². The first kappa shape index (κ1) is 23.5. The van der Waals surface area contributed by atoms with Crippen LogP contribution in [0.15, 0.2) is 65.5 Å². The topological polar surface area (TPSA) is 104 Å². The Balaban J connectivity index is 1.32. The molecule has 2 aromatic carbocycles. The number of carbonyl (C=O) groups is 1. The highest BCUT2D eigenvalue weighted by atomic mass is 16.5. The molecule has 9 heteroatoms. The van der Waals surface area contributed by atoms with Crippen molar-refractivity contribution < 1.29 is 9.53 Å². The van der Waals surface area contributed by atoms with Crippen molar-refractivity contribution in [1.29, 1.82) is 0 Å². The molecule has 3 heterocycles. The molecule has 1 aliphatic rings. The molecule has 2 aromatic heterocycles. The Hall–Kier alpha value is -4.27. The molecule has 1 amide bonds. The molecule has 0 bridgehead atoms. The van der Waals surface area contributed by atoms with Gasteiger partial charge in [0, 0.05) is 30.3 Å². The SMILES string of the molecule is Cc1ccc(-c2nnc3n2CCCCC3)cc1NC(=O)c1ccc(=O)n(CCOc2ccccc2)n1. The van der Waals surface area contributed by atoms with Gasteiger partial charge in [-0.1, -0.05) is 36.8 Å². The quantitative estimate of drug-likeness (QED) is 0.427. The minimum absolute atomic E-state index is 0.149. The Morgan fingerprint density at radius 3 is 2.75 bits per heavy atom. The maximum atomic E-state index is 13.0. The molecular weight excluding hydrogens is 456 g/mol. The minimum Gasteiger partial charge on any atom is -0.492 e. The molecule has 184 valence electrons. The van der Waals surface area contributed by atoms with Crippen LogP contribution in [0.25, 0.3) is 11.4 Å². The zero-order valence-corrected chi connectivity index (χ0v) is 20.2. The van der Waals surface area contributed by atoms with Crippen molar-refractivity contribution in [3.8, 4) is 17.1 Å². The third-order valence-electron chi connectivity index (χ3n) is 6.27. The molecule has 0 aliphatic carbocycles. The number of fused-ring (bicyclic) bond motifs is 1. The number of aryl methyl sites for hydroxylation is 2. The van der Waals surface area contributed by atoms with E-state index in [-0.39, 0.29) is 24.4 Å². The van der Waals surface area contributed by atoms with Gasteiger partial charge in [0.2, 0.25) is 0 Å². The van der Waals surface area contributed by atoms with Gasteiger partial charge in [0.05, 0.1) is 6.54 Å². The van der Waals surface area contributed by atoms with E-state index >= 15 is 0 Å². The smallest absolute Gasteiger partial charge is 0.276 e. The predicted octanol–water partition coefficient (Wildman–Crippen LogP) is 3.87. The number of anilines is 1. The summed E-state index contributed by atoms with van der Waals surface area (Å²) in [6.45, 7) is 3.30. The van der Waals surface area contributed by atoms with Gasteiger partial charge in [-0.3, -0.25) is 9.59 Å². The number of rotatable bonds is 7. The average Bonchev–Trinajstić information content (AvgIpc) is 3.14. The third kappa shape index (κ3) is 5.19. The van der Waals surface area contributed by atoms with Crippen LogP contribution in [0.4, 0.5) is 5.69 Å². The lowest BCUT2D eigenvalue weighted by atomic mass is 10.1. The van der Waals surface area contributed by atoms with Gasteiger partial charge in [-0.25, -0.2) is 4.68 Å². The van der Waals surface area contributed by atoms with Gasteiger partial charge in [0.15, 0.2) is 5.82 Å². The first-order valence-corrected chi connectivity index (χ1v) is 12.2. The van der Waals surface area contributed by atoms with Crippen LogP contribution < -0.4 is 15.6 Å². The summed E-state index contributed by atoms with van der Waals surface area (Å²) >= 11 is 0. The lowest BCUT2D eigenvalue weighted by Crippen LogP contribution is -2.28. The highest BCUT2D eigenvalue weighted by Gasteiger charge is 2.18. The first-order chi connectivity index (χ1) is 17.6. The van der Waals surface area contributed by atoms with Crippen molar-refractivity contribution in [3.63, 3.8) is 0 Å². The summed E-state index contributed by atoms with van der Waals surface area (Å²) < 4.78 is 9.08. The van der Waals surface area contributed by atoms with Crippen molar-refractivity contribution in [2.45, 2.75) is 45.7 Å². The van der Waals surface area contributed by atoms with E-state index in [0.717, 1.165) is 48.6 Å². The number of aromatic nitrogens is 5. The summed E-state index contributed by atoms with van der Waals surface area (Å²) in [4.78, 5) is 25.3. The third-order valence-corrected chi connectivity index (χ3v) is 6.27. The van der Waals surface area contributed by atoms with E-state index in [1.165, 1.54) is 23.2 Å². The molecule has 36 heavy (non-hydrogen) atoms. The Morgan fingerprint density at radius 2 is 1.89 bits per heavy atom. The maximum Gasteiger partial charge on any atom is 0.276 e. The highest BCUT2D eigenvalue weighted by Crippen LogP contribution is 2.27. The molecule has 5 rings (SSSR count). The van der Waals surface area contributed by atoms with Crippen LogP contribution >= 0.6 is 0 Å². The van der Waals surface area contributed by atoms with Gasteiger partial charge in [-0.15, -0.1) is 10.2 Å². The molecule has 4 aromatic rings. The fourth-order valence-electron chi connectivity index (χ4n) is 4.28. The van der Waals surface area contributed by atoms with E-state index in [4.69, 9.17) is 4.74 Å². The molecule has 0 spiro atoms. The van der Waals surface area contributed by atoms with Crippen molar-refractivity contribution in [3.05, 3.63) is 88.1 Å². The predicted molar refractivity (Wildman–Crippen MR) is 136 cm³/mol. The summed E-state index contributed by atoms with van der Waals surface area (Å²) in [7, 11) is 0. The van der Waals surface area contributed by atoms with Gasteiger partial charge >= 0.3 is 0 Å². The normalized spacial score (nSPS) is 13.0. The minimum atomic E-state index is -0.395. The van der Waals surface area contributed by atoms with Crippen LogP contribution in [0, 0.1) is 6.92 Å². The molecule has 0 fully saturated rings. The second-order valence-corrected chi connectivity index (χ2v) is 8.83. The highest BCUT2D eigenvalue weighted by molar-refractivity contribution is 6.03. The average molecular weight is 485 g/mol. The van der Waals surface area contributed by atoms with E-state index in [1.54, 1.807) is 0 Å². The van der Waals surface area contributed by atoms with Crippen molar-refractivity contribution in [1.82, 2.24) is 24.5 Å². The van der Waals surface area contributed by atoms with Crippen LogP contribution in [0.2, 0.25) is 0 Å². The maximum absolute atomic E-state index is 13.0. The van der Waals surface area contributed by atoms with Crippen LogP contribution in [0.3, 0.4) is 0 Å². The van der Waals surface area contributed by atoms with E-state index in [2.05, 4.69) is 25.2 Å². The number of amides is 1. The standard InChI is InChI=1S/C27H28N6O3/c1-19-11-12-20(26-30-29-24-10-6-3-7-15-32(24)26)18-23(19)28-27(35)22-13-14-25(34)33(31-22)16-17-36-21-8-4-2-5-9-21/h2,4-5,8-9,11-14,18H,3,6-7,10,15-17H2,1H3,(H,28,35). The molecule has 9 nitrogen and oxygen atoms in total. The van der Waals surface area contributed by atoms with Gasteiger partial charge in [-0.05, 0) is 49.6 Å². The van der Waals surface area contributed by atoms with Gasteiger partial charge < -0.3 is 14.6 Å². The van der Waals surface area contributed by atoms with Gasteiger partial charge in [-0.2, -0.15) is 5.10 Å². The molecule has 0 radical (unpaired) electrons. The molecule has 0 atom stereocenters. The summed E-state index contributed by atoms with van der Waals surface area (Å²) in [6.07, 6.45) is 4.35. The lowest BCUT2D eigenvalue weighted by Gasteiger charge is -2.12. The Kier molecular flexibility index (Phi) is 6.88. The first-order valence-electron chi connectivity index (χ1n) is 12.2. The second-order valence-electron chi connectivity index (χ2n) is 8.83. The Bertz CT molecular complexity index is 1430. The molecule has 1 aliphatic heterocycles. The monoisotopic (exact) mass is 484 g/mol. The summed E-state index contributed by atoms with van der Waals surface area (Å²) in [5.41, 5.74) is 2.32. The van der Waals surface area contributed by atoms with Crippen molar-refractivity contribution in [2.24, 2.45) is 0 Å². The number of hydrogen-bond donors (Lipinski definition) is 1. The summed E-state index contributed by atoms with van der Waals surface area (Å²) in [5, 5.41) is 16.0. The largest absolute Gasteiger partial charge is 0.492 e. The van der Waals surface area contributed by atoms with Crippen LogP contribution in [0.5, 0.6) is 5.75 Å². The molecule has 1 N–H and O–H groups in total. The fraction of sp³-hybridized carbons (Fsp3) is 0.296. The molecule has 0 saturated carbocycles. The van der Waals surface area contributed by atoms with Gasteiger partial charge in [0.1, 0.15) is 23.9 Å². The van der Waals surface area contributed by atoms with Crippen molar-refractivity contribution in [2.75, 3.05) is 11.9 Å². The summed E-state index contributed by atoms with van der Waals surface area (Å²) in [6, 6.07) is 18.0. The van der Waals surface area contributed by atoms with E-state index in [0.29, 0.717) is 11.4 Å². The zero-order chi connectivity index (χ0) is 24.9. The fourth-order valence-corrected chi connectivity index (χ4v) is 4.28. The Labute approximate surface area is 208 Å². The van der Waals surface area contributed by atoms with Crippen molar-refractivity contribution >= 4 is 11.6 Å². The number of nitrogens with zero attached hydrogens (tertiary/aromatic N) is 5. The van der Waals surface area contributed by atoms with Crippen LogP contribution in [-0.4, -0.2) is 37.1 Å². The number of para-hydroxylation sites is 1. The number of hydrogen-bond acceptors (Lipinski definition) is 6. The number of nitrogens with one attached hydrogen (secondary N) is 1. The Morgan fingerprint density at radius 1 is 1.03 bits per heavy atom. The molecular formula is C27H28N6O3. The second kappa shape index (κ2) is 10.6. The molecule has 0 unspecified atom stereocenters.